The van der Waals surface area contributed by atoms with Gasteiger partial charge in [0.05, 0.1) is 0 Å². The molecule has 0 aliphatic rings. The van der Waals surface area contributed by atoms with Gasteiger partial charge < -0.3 is 9.47 Å². The van der Waals surface area contributed by atoms with Crippen molar-refractivity contribution in [2.45, 2.75) is 167 Å². The number of methoxy groups -OCH3 is 2. The summed E-state index contributed by atoms with van der Waals surface area (Å²) >= 11 is 0. The lowest BCUT2D eigenvalue weighted by molar-refractivity contribution is -0.109. The third-order valence-corrected chi connectivity index (χ3v) is 30.6. The molecule has 282 valence electrons. The average molecular weight is 771 g/mol. The van der Waals surface area contributed by atoms with E-state index < -0.39 is 55.1 Å². The lowest BCUT2D eigenvalue weighted by Gasteiger charge is -2.23. The molecule has 4 nitrogen and oxygen atoms in total. The van der Waals surface area contributed by atoms with Crippen LogP contribution < -0.4 is 0 Å². The fourth-order valence-electron chi connectivity index (χ4n) is 5.90. The maximum Gasteiger partial charge on any atom is 0.278 e. The van der Waals surface area contributed by atoms with Crippen molar-refractivity contribution in [1.82, 2.24) is 0 Å². The summed E-state index contributed by atoms with van der Waals surface area (Å²) in [5.41, 5.74) is 10.5. The van der Waals surface area contributed by atoms with Gasteiger partial charge in [-0.1, -0.05) is 83.1 Å². The van der Waals surface area contributed by atoms with Gasteiger partial charge in [0.2, 0.25) is 0 Å². The summed E-state index contributed by atoms with van der Waals surface area (Å²) < 4.78 is 12.0. The van der Waals surface area contributed by atoms with Crippen molar-refractivity contribution in [1.29, 1.82) is 0 Å². The summed E-state index contributed by atoms with van der Waals surface area (Å²) in [7, 11) is -4.68. The minimum atomic E-state index is -1.98. The lowest BCUT2D eigenvalue weighted by atomic mass is 10.0. The molecule has 52 heavy (non-hydrogen) atoms. The number of Topliss-reactive ketones (excluding diaryl/α,β-unsaturated/α-hetero) is 2. The van der Waals surface area contributed by atoms with Crippen molar-refractivity contribution in [3.05, 3.63) is 0 Å². The van der Waals surface area contributed by atoms with Crippen molar-refractivity contribution in [2.24, 2.45) is 0 Å². The molecule has 0 N–H and O–H groups in total. The summed E-state index contributed by atoms with van der Waals surface area (Å²) in [6, 6.07) is 11.7. The van der Waals surface area contributed by atoms with Gasteiger partial charge in [0.1, 0.15) is 32.3 Å². The quantitative estimate of drug-likeness (QED) is 0.101. The number of ketones is 2. The van der Waals surface area contributed by atoms with Gasteiger partial charge in [-0.2, -0.15) is 0 Å². The molecule has 0 aromatic rings. The fraction of sp³-hybridized carbons (Fsp3) is 0.636. The Labute approximate surface area is 324 Å². The Kier molecular flexibility index (Phi) is 22.3. The summed E-state index contributed by atoms with van der Waals surface area (Å²) in [5.74, 6) is 28.9. The first-order valence-electron chi connectivity index (χ1n) is 19.6. The number of hydrogen-bond acceptors (Lipinski definition) is 4. The van der Waals surface area contributed by atoms with Crippen LogP contribution in [0, 0.1) is 81.4 Å². The molecule has 0 aliphatic heterocycles. The highest BCUT2D eigenvalue weighted by molar-refractivity contribution is 6.88. The first-order chi connectivity index (χ1) is 24.7. The average Bonchev–Trinajstić information content (AvgIpc) is 3.20. The second kappa shape index (κ2) is 23.7. The van der Waals surface area contributed by atoms with Crippen LogP contribution in [0.15, 0.2) is 0 Å². The molecule has 0 aliphatic carbocycles. The minimum Gasteiger partial charge on any atom is -0.345 e. The third-order valence-electron chi connectivity index (χ3n) is 11.7. The number of carbonyl (C=O) groups is 2. The summed E-state index contributed by atoms with van der Waals surface area (Å²) in [6.45, 7) is 25.9. The van der Waals surface area contributed by atoms with Gasteiger partial charge in [0, 0.05) is 14.2 Å². The van der Waals surface area contributed by atoms with Crippen LogP contribution >= 0.6 is 0 Å². The lowest BCUT2D eigenvalue weighted by Crippen LogP contribution is -2.34. The van der Waals surface area contributed by atoms with Gasteiger partial charge in [-0.05, 0) is 132 Å². The predicted molar refractivity (Wildman–Crippen MR) is 233 cm³/mol. The largest absolute Gasteiger partial charge is 0.345 e. The Morgan fingerprint density at radius 1 is 0.365 bits per heavy atom. The Balaban J connectivity index is 8.00. The number of ether oxygens (including phenoxy) is 2. The first-order valence-corrected chi connectivity index (χ1v) is 30.1. The molecule has 0 radical (unpaired) electrons. The van der Waals surface area contributed by atoms with Crippen LogP contribution in [-0.4, -0.2) is 69.3 Å². The smallest absolute Gasteiger partial charge is 0.278 e. The summed E-state index contributed by atoms with van der Waals surface area (Å²) in [5, 5.41) is 0. The van der Waals surface area contributed by atoms with Crippen LogP contribution in [0.4, 0.5) is 0 Å². The number of carbonyl (C=O) groups excluding carboxylic acids is 2. The molecule has 2 unspecified atom stereocenters. The topological polar surface area (TPSA) is 52.6 Å². The number of rotatable bonds is 14. The molecule has 0 spiro atoms. The summed E-state index contributed by atoms with van der Waals surface area (Å²) in [6.07, 6.45) is 0. The van der Waals surface area contributed by atoms with E-state index in [4.69, 9.17) is 9.47 Å². The fourth-order valence-corrected chi connectivity index (χ4v) is 15.7. The Morgan fingerprint density at radius 3 is 0.808 bits per heavy atom. The van der Waals surface area contributed by atoms with Crippen molar-refractivity contribution in [3.8, 4) is 81.4 Å². The molecular formula is C44H66O4Si4. The third kappa shape index (κ3) is 14.1. The van der Waals surface area contributed by atoms with Gasteiger partial charge in [0.25, 0.3) is 22.8 Å². The molecule has 2 atom stereocenters. The van der Waals surface area contributed by atoms with E-state index in [2.05, 4.69) is 164 Å². The highest BCUT2D eigenvalue weighted by Gasteiger charge is 2.32. The van der Waals surface area contributed by atoms with Crippen molar-refractivity contribution in [2.75, 3.05) is 14.2 Å². The zero-order valence-electron chi connectivity index (χ0n) is 35.1. The predicted octanol–water partition coefficient (Wildman–Crippen LogP) is 9.11. The van der Waals surface area contributed by atoms with E-state index in [1.54, 1.807) is 0 Å². The maximum absolute atomic E-state index is 13.1. The Morgan fingerprint density at radius 2 is 0.596 bits per heavy atom. The Hall–Kier alpha value is -2.95. The molecule has 0 bridgehead atoms. The highest BCUT2D eigenvalue weighted by Crippen LogP contribution is 2.23. The first kappa shape index (κ1) is 49.0. The van der Waals surface area contributed by atoms with Gasteiger partial charge in [-0.3, -0.25) is 9.59 Å². The SMILES string of the molecule is CC[Si](C#CC(=O)C#CC(C#CC(C#CC(=O)C#C[Si](CC)(CC)CC)(C#C[Si](CC)(CC)CC)OC)(C#C[Si](CC)(CC)CC)OC)(CC)CC. The van der Waals surface area contributed by atoms with E-state index in [9.17, 15) is 9.59 Å². The molecular weight excluding hydrogens is 705 g/mol. The zero-order valence-corrected chi connectivity index (χ0v) is 39.1. The monoisotopic (exact) mass is 770 g/mol. The summed E-state index contributed by atoms with van der Waals surface area (Å²) in [4.78, 5) is 26.3. The van der Waals surface area contributed by atoms with Gasteiger partial charge in [-0.15, -0.1) is 22.2 Å². The van der Waals surface area contributed by atoms with Gasteiger partial charge >= 0.3 is 0 Å². The molecule has 0 fully saturated rings. The normalized spacial score (nSPS) is 13.3. The standard InChI is InChI=1S/C44H66O4Si4/c1-15-49(16-2,17-3)37-29-41(45)27-31-43(47-13,35-39-51(21-7,22-8)23-9)33-34-44(48-14,36-40-52(24-10,25-11)26-12)32-28-42(46)30-38-50(18-4,19-5)20-6/h15-26H2,1-14H3. The van der Waals surface area contributed by atoms with Gasteiger partial charge in [0.15, 0.2) is 0 Å². The second-order valence-corrected chi connectivity index (χ2v) is 33.3. The van der Waals surface area contributed by atoms with E-state index in [0.717, 1.165) is 72.5 Å². The Bertz CT molecular complexity index is 1490. The van der Waals surface area contributed by atoms with Crippen LogP contribution in [0.25, 0.3) is 0 Å². The van der Waals surface area contributed by atoms with Crippen LogP contribution in [0.1, 0.15) is 83.1 Å². The van der Waals surface area contributed by atoms with Crippen molar-refractivity contribution < 1.29 is 19.1 Å². The van der Waals surface area contributed by atoms with Crippen molar-refractivity contribution in [3.63, 3.8) is 0 Å². The molecule has 0 rings (SSSR count). The van der Waals surface area contributed by atoms with E-state index in [0.29, 0.717) is 0 Å². The zero-order chi connectivity index (χ0) is 40.0. The highest BCUT2D eigenvalue weighted by atomic mass is 28.3. The minimum absolute atomic E-state index is 0.487. The molecule has 0 amide bonds. The van der Waals surface area contributed by atoms with Crippen LogP contribution in [0.5, 0.6) is 0 Å². The molecule has 0 aromatic heterocycles. The molecule has 8 heteroatoms. The van der Waals surface area contributed by atoms with Crippen molar-refractivity contribution >= 4 is 43.9 Å². The van der Waals surface area contributed by atoms with E-state index in [-0.39, 0.29) is 0 Å². The van der Waals surface area contributed by atoms with E-state index in [1.165, 1.54) is 14.2 Å². The van der Waals surface area contributed by atoms with Crippen LogP contribution in [0.3, 0.4) is 0 Å². The molecule has 0 saturated heterocycles. The maximum atomic E-state index is 13.1. The molecule has 0 aromatic carbocycles. The van der Waals surface area contributed by atoms with Crippen LogP contribution in [0.2, 0.25) is 72.5 Å². The van der Waals surface area contributed by atoms with Crippen LogP contribution in [-0.2, 0) is 19.1 Å². The van der Waals surface area contributed by atoms with E-state index >= 15 is 0 Å². The van der Waals surface area contributed by atoms with E-state index in [1.807, 2.05) is 0 Å². The number of hydrogen-bond donors (Lipinski definition) is 0. The van der Waals surface area contributed by atoms with Gasteiger partial charge in [-0.25, -0.2) is 0 Å². The second-order valence-electron chi connectivity index (χ2n) is 13.5. The molecule has 0 saturated carbocycles. The molecule has 0 heterocycles.